The lowest BCUT2D eigenvalue weighted by Crippen LogP contribution is -2.53. The van der Waals surface area contributed by atoms with Gasteiger partial charge in [0.1, 0.15) is 5.82 Å². The number of hydrogen-bond donors (Lipinski definition) is 0. The molecule has 0 aromatic carbocycles. The van der Waals surface area contributed by atoms with Crippen LogP contribution in [0.3, 0.4) is 0 Å². The van der Waals surface area contributed by atoms with Gasteiger partial charge in [-0.2, -0.15) is 0 Å². The number of anilines is 1. The first-order valence-corrected chi connectivity index (χ1v) is 7.29. The molecule has 100 valence electrons. The first kappa shape index (κ1) is 13.8. The molecule has 3 nitrogen and oxygen atoms in total. The minimum atomic E-state index is 0.272. The van der Waals surface area contributed by atoms with Crippen LogP contribution in [-0.2, 0) is 0 Å². The summed E-state index contributed by atoms with van der Waals surface area (Å²) in [7, 11) is 0. The number of piperazine rings is 1. The van der Waals surface area contributed by atoms with E-state index in [1.54, 1.807) is 0 Å². The van der Waals surface area contributed by atoms with Crippen molar-refractivity contribution in [3.05, 3.63) is 22.3 Å². The number of aromatic nitrogens is 1. The SMILES string of the molecule is Cc1cc(Br)cnc1N1CCN(C(C)(C)C)CC1. The van der Waals surface area contributed by atoms with E-state index in [1.165, 1.54) is 5.56 Å². The highest BCUT2D eigenvalue weighted by molar-refractivity contribution is 9.10. The van der Waals surface area contributed by atoms with E-state index in [0.29, 0.717) is 0 Å². The maximum atomic E-state index is 4.55. The average Bonchev–Trinajstić information content (AvgIpc) is 2.28. The number of aryl methyl sites for hydroxylation is 1. The third-order valence-electron chi connectivity index (χ3n) is 3.55. The Kier molecular flexibility index (Phi) is 3.97. The van der Waals surface area contributed by atoms with Gasteiger partial charge in [-0.1, -0.05) is 0 Å². The van der Waals surface area contributed by atoms with Gasteiger partial charge < -0.3 is 4.90 Å². The van der Waals surface area contributed by atoms with E-state index in [9.17, 15) is 0 Å². The summed E-state index contributed by atoms with van der Waals surface area (Å²) >= 11 is 3.47. The molecule has 0 unspecified atom stereocenters. The lowest BCUT2D eigenvalue weighted by molar-refractivity contribution is 0.128. The van der Waals surface area contributed by atoms with Crippen molar-refractivity contribution in [2.45, 2.75) is 33.2 Å². The molecule has 0 radical (unpaired) electrons. The highest BCUT2D eigenvalue weighted by Gasteiger charge is 2.26. The molecule has 18 heavy (non-hydrogen) atoms. The Bertz CT molecular complexity index is 418. The maximum Gasteiger partial charge on any atom is 0.131 e. The monoisotopic (exact) mass is 311 g/mol. The molecule has 2 rings (SSSR count). The van der Waals surface area contributed by atoms with Crippen molar-refractivity contribution in [1.82, 2.24) is 9.88 Å². The van der Waals surface area contributed by atoms with E-state index in [0.717, 1.165) is 36.5 Å². The zero-order chi connectivity index (χ0) is 13.3. The first-order valence-electron chi connectivity index (χ1n) is 6.50. The summed E-state index contributed by atoms with van der Waals surface area (Å²) in [5, 5.41) is 0. The summed E-state index contributed by atoms with van der Waals surface area (Å²) in [6.07, 6.45) is 1.89. The fourth-order valence-corrected chi connectivity index (χ4v) is 2.90. The lowest BCUT2D eigenvalue weighted by Gasteiger charge is -2.42. The van der Waals surface area contributed by atoms with Gasteiger partial charge in [0.15, 0.2) is 0 Å². The highest BCUT2D eigenvalue weighted by Crippen LogP contribution is 2.23. The largest absolute Gasteiger partial charge is 0.354 e. The van der Waals surface area contributed by atoms with E-state index in [2.05, 4.69) is 64.5 Å². The molecule has 1 saturated heterocycles. The van der Waals surface area contributed by atoms with Crippen LogP contribution in [0.1, 0.15) is 26.3 Å². The second-order valence-electron chi connectivity index (χ2n) is 5.94. The zero-order valence-corrected chi connectivity index (χ0v) is 13.3. The van der Waals surface area contributed by atoms with Gasteiger partial charge in [-0.3, -0.25) is 4.90 Å². The molecule has 1 aromatic rings. The summed E-state index contributed by atoms with van der Waals surface area (Å²) in [6, 6.07) is 2.14. The number of hydrogen-bond acceptors (Lipinski definition) is 3. The van der Waals surface area contributed by atoms with Crippen LogP contribution < -0.4 is 4.90 Å². The van der Waals surface area contributed by atoms with E-state index in [4.69, 9.17) is 0 Å². The third kappa shape index (κ3) is 3.04. The molecule has 0 spiro atoms. The summed E-state index contributed by atoms with van der Waals surface area (Å²) in [6.45, 7) is 13.3. The molecule has 0 bridgehead atoms. The fraction of sp³-hybridized carbons (Fsp3) is 0.643. The Balaban J connectivity index is 2.06. The molecule has 0 aliphatic carbocycles. The number of rotatable bonds is 1. The fourth-order valence-electron chi connectivity index (χ4n) is 2.45. The summed E-state index contributed by atoms with van der Waals surface area (Å²) in [4.78, 5) is 9.48. The standard InChI is InChI=1S/C14H22BrN3/c1-11-9-12(15)10-16-13(11)17-5-7-18(8-6-17)14(2,3)4/h9-10H,5-8H2,1-4H3. The number of pyridine rings is 1. The van der Waals surface area contributed by atoms with Crippen LogP contribution in [0.15, 0.2) is 16.7 Å². The van der Waals surface area contributed by atoms with Gasteiger partial charge in [0, 0.05) is 42.4 Å². The zero-order valence-electron chi connectivity index (χ0n) is 11.7. The Morgan fingerprint density at radius 2 is 1.78 bits per heavy atom. The van der Waals surface area contributed by atoms with Crippen molar-refractivity contribution in [3.63, 3.8) is 0 Å². The van der Waals surface area contributed by atoms with Gasteiger partial charge in [0.2, 0.25) is 0 Å². The summed E-state index contributed by atoms with van der Waals surface area (Å²) in [5.41, 5.74) is 1.52. The number of nitrogens with zero attached hydrogens (tertiary/aromatic N) is 3. The van der Waals surface area contributed by atoms with Gasteiger partial charge >= 0.3 is 0 Å². The minimum Gasteiger partial charge on any atom is -0.354 e. The molecule has 1 aliphatic heterocycles. The quantitative estimate of drug-likeness (QED) is 0.794. The Hall–Kier alpha value is -0.610. The predicted octanol–water partition coefficient (Wildman–Crippen LogP) is 3.07. The van der Waals surface area contributed by atoms with Crippen molar-refractivity contribution in [1.29, 1.82) is 0 Å². The van der Waals surface area contributed by atoms with E-state index in [-0.39, 0.29) is 5.54 Å². The molecule has 0 saturated carbocycles. The smallest absolute Gasteiger partial charge is 0.131 e. The van der Waals surface area contributed by atoms with Crippen molar-refractivity contribution >= 4 is 21.7 Å². The van der Waals surface area contributed by atoms with Crippen molar-refractivity contribution < 1.29 is 0 Å². The van der Waals surface area contributed by atoms with E-state index < -0.39 is 0 Å². The summed E-state index contributed by atoms with van der Waals surface area (Å²) < 4.78 is 1.05. The molecule has 0 atom stereocenters. The maximum absolute atomic E-state index is 4.55. The summed E-state index contributed by atoms with van der Waals surface area (Å²) in [5.74, 6) is 1.13. The topological polar surface area (TPSA) is 19.4 Å². The molecule has 1 aromatic heterocycles. The molecular weight excluding hydrogens is 290 g/mol. The molecule has 0 amide bonds. The van der Waals surface area contributed by atoms with Gasteiger partial charge in [-0.15, -0.1) is 0 Å². The second-order valence-corrected chi connectivity index (χ2v) is 6.85. The van der Waals surface area contributed by atoms with Gasteiger partial charge in [0.05, 0.1) is 0 Å². The normalized spacial score (nSPS) is 18.2. The van der Waals surface area contributed by atoms with E-state index in [1.807, 2.05) is 6.20 Å². The molecule has 4 heteroatoms. The molecule has 1 fully saturated rings. The van der Waals surface area contributed by atoms with Crippen molar-refractivity contribution in [2.75, 3.05) is 31.1 Å². The van der Waals surface area contributed by atoms with Crippen molar-refractivity contribution in [2.24, 2.45) is 0 Å². The third-order valence-corrected chi connectivity index (χ3v) is 3.98. The van der Waals surface area contributed by atoms with Crippen LogP contribution >= 0.6 is 15.9 Å². The molecule has 1 aliphatic rings. The lowest BCUT2D eigenvalue weighted by atomic mass is 10.0. The first-order chi connectivity index (χ1) is 8.38. The van der Waals surface area contributed by atoms with Gasteiger partial charge in [-0.05, 0) is 55.3 Å². The van der Waals surface area contributed by atoms with Crippen LogP contribution in [0.5, 0.6) is 0 Å². The second kappa shape index (κ2) is 5.17. The Labute approximate surface area is 118 Å². The van der Waals surface area contributed by atoms with Crippen LogP contribution in [0.2, 0.25) is 0 Å². The Morgan fingerprint density at radius 3 is 2.28 bits per heavy atom. The predicted molar refractivity (Wildman–Crippen MR) is 80.2 cm³/mol. The Morgan fingerprint density at radius 1 is 1.17 bits per heavy atom. The van der Waals surface area contributed by atoms with Crippen LogP contribution in [0.4, 0.5) is 5.82 Å². The van der Waals surface area contributed by atoms with Gasteiger partial charge in [-0.25, -0.2) is 4.98 Å². The molecule has 2 heterocycles. The molecular formula is C14H22BrN3. The highest BCUT2D eigenvalue weighted by atomic mass is 79.9. The van der Waals surface area contributed by atoms with Crippen LogP contribution in [0.25, 0.3) is 0 Å². The molecule has 0 N–H and O–H groups in total. The van der Waals surface area contributed by atoms with E-state index >= 15 is 0 Å². The van der Waals surface area contributed by atoms with Crippen LogP contribution in [-0.4, -0.2) is 41.6 Å². The van der Waals surface area contributed by atoms with Gasteiger partial charge in [0.25, 0.3) is 0 Å². The van der Waals surface area contributed by atoms with Crippen LogP contribution in [0, 0.1) is 6.92 Å². The number of halogens is 1. The average molecular weight is 312 g/mol. The van der Waals surface area contributed by atoms with Crippen molar-refractivity contribution in [3.8, 4) is 0 Å². The minimum absolute atomic E-state index is 0.272.